The van der Waals surface area contributed by atoms with Gasteiger partial charge in [0.25, 0.3) is 5.56 Å². The number of carbonyl (C=O) groups is 1. The summed E-state index contributed by atoms with van der Waals surface area (Å²) in [5, 5.41) is 10.5. The molecule has 1 aromatic heterocycles. The summed E-state index contributed by atoms with van der Waals surface area (Å²) in [6.45, 7) is 0. The van der Waals surface area contributed by atoms with Gasteiger partial charge in [0.15, 0.2) is 0 Å². The van der Waals surface area contributed by atoms with E-state index in [-0.39, 0.29) is 17.4 Å². The van der Waals surface area contributed by atoms with Crippen LogP contribution in [0.15, 0.2) is 59.4 Å². The molecule has 7 heteroatoms. The average Bonchev–Trinajstić information content (AvgIpc) is 3.08. The Labute approximate surface area is 155 Å². The number of hydrogen-bond acceptors (Lipinski definition) is 4. The Bertz CT molecular complexity index is 1010. The first kappa shape index (κ1) is 18.2. The van der Waals surface area contributed by atoms with Crippen LogP contribution in [0.3, 0.4) is 0 Å². The molecule has 0 aliphatic heterocycles. The van der Waals surface area contributed by atoms with Crippen LogP contribution >= 0.6 is 0 Å². The van der Waals surface area contributed by atoms with Crippen molar-refractivity contribution in [3.05, 3.63) is 76.1 Å². The minimum Gasteiger partial charge on any atom is -0.469 e. The number of aromatic nitrogens is 2. The van der Waals surface area contributed by atoms with Crippen molar-refractivity contribution in [3.8, 4) is 16.9 Å². The number of aryl methyl sites for hydroxylation is 1. The van der Waals surface area contributed by atoms with Crippen LogP contribution in [0.4, 0.5) is 0 Å². The molecule has 0 saturated heterocycles. The lowest BCUT2D eigenvalue weighted by Crippen LogP contribution is -2.13. The molecule has 0 atom stereocenters. The summed E-state index contributed by atoms with van der Waals surface area (Å²) in [4.78, 5) is 23.6. The van der Waals surface area contributed by atoms with Crippen molar-refractivity contribution in [2.75, 3.05) is 7.11 Å². The summed E-state index contributed by atoms with van der Waals surface area (Å²) in [5.74, 6) is -0.250. The normalized spacial score (nSPS) is 10.6. The molecule has 1 heterocycles. The Balaban J connectivity index is 1.81. The molecule has 0 aliphatic carbocycles. The molecule has 2 aromatic carbocycles. The predicted octanol–water partition coefficient (Wildman–Crippen LogP) is 2.22. The number of nitrogens with two attached hydrogens (primary N) is 1. The van der Waals surface area contributed by atoms with Crippen molar-refractivity contribution in [2.24, 2.45) is 5.73 Å². The number of rotatable bonds is 6. The van der Waals surface area contributed by atoms with Crippen LogP contribution in [-0.2, 0) is 16.0 Å². The molecule has 0 radical (unpaired) electrons. The second kappa shape index (κ2) is 7.74. The van der Waals surface area contributed by atoms with Crippen molar-refractivity contribution in [2.45, 2.75) is 12.8 Å². The van der Waals surface area contributed by atoms with Gasteiger partial charge in [0.1, 0.15) is 5.84 Å². The van der Waals surface area contributed by atoms with Crippen LogP contribution in [0.2, 0.25) is 0 Å². The van der Waals surface area contributed by atoms with E-state index in [1.807, 2.05) is 36.4 Å². The fourth-order valence-corrected chi connectivity index (χ4v) is 2.73. The Morgan fingerprint density at radius 2 is 1.81 bits per heavy atom. The fourth-order valence-electron chi connectivity index (χ4n) is 2.73. The molecule has 0 amide bonds. The minimum atomic E-state index is -0.250. The van der Waals surface area contributed by atoms with E-state index in [1.54, 1.807) is 12.1 Å². The Morgan fingerprint density at radius 3 is 2.41 bits per heavy atom. The Hall–Kier alpha value is -3.61. The highest BCUT2D eigenvalue weighted by Gasteiger charge is 2.08. The first-order chi connectivity index (χ1) is 13.0. The maximum Gasteiger partial charge on any atom is 0.305 e. The number of nitrogens with one attached hydrogen (secondary N) is 2. The molecule has 3 aromatic rings. The molecular formula is C20H20N4O3. The number of hydrogen-bond donors (Lipinski definition) is 3. The van der Waals surface area contributed by atoms with Crippen LogP contribution < -0.4 is 11.3 Å². The summed E-state index contributed by atoms with van der Waals surface area (Å²) >= 11 is 0. The van der Waals surface area contributed by atoms with Crippen LogP contribution in [0.25, 0.3) is 16.9 Å². The maximum absolute atomic E-state index is 12.3. The third-order valence-electron chi connectivity index (χ3n) is 4.27. The van der Waals surface area contributed by atoms with Gasteiger partial charge in [-0.2, -0.15) is 0 Å². The quantitative estimate of drug-likeness (QED) is 0.353. The second-order valence-electron chi connectivity index (χ2n) is 6.08. The number of nitrogen functional groups attached to an aromatic ring is 1. The standard InChI is InChI=1S/C20H20N4O3/c1-27-19(26)11-4-13-2-9-16(10-3-13)24-18(25)12-17(23-24)14-5-7-15(8-6-14)20(21)22/h2-3,5-10,12,23H,4,11H2,1H3,(H3,21,22). The first-order valence-electron chi connectivity index (χ1n) is 8.41. The van der Waals surface area contributed by atoms with Crippen molar-refractivity contribution < 1.29 is 9.53 Å². The van der Waals surface area contributed by atoms with Crippen molar-refractivity contribution in [1.29, 1.82) is 5.41 Å². The van der Waals surface area contributed by atoms with Gasteiger partial charge in [-0.25, -0.2) is 4.68 Å². The third kappa shape index (κ3) is 4.14. The molecule has 0 bridgehead atoms. The van der Waals surface area contributed by atoms with E-state index in [1.165, 1.54) is 17.9 Å². The van der Waals surface area contributed by atoms with Crippen LogP contribution in [0.5, 0.6) is 0 Å². The Morgan fingerprint density at radius 1 is 1.15 bits per heavy atom. The monoisotopic (exact) mass is 364 g/mol. The van der Waals surface area contributed by atoms with Crippen molar-refractivity contribution in [1.82, 2.24) is 9.78 Å². The van der Waals surface area contributed by atoms with E-state index >= 15 is 0 Å². The van der Waals surface area contributed by atoms with Crippen LogP contribution in [0.1, 0.15) is 17.5 Å². The van der Waals surface area contributed by atoms with E-state index in [4.69, 9.17) is 11.1 Å². The summed E-state index contributed by atoms with van der Waals surface area (Å²) in [6, 6.07) is 16.0. The zero-order chi connectivity index (χ0) is 19.4. The number of benzene rings is 2. The van der Waals surface area contributed by atoms with Crippen molar-refractivity contribution in [3.63, 3.8) is 0 Å². The number of amidine groups is 1. The van der Waals surface area contributed by atoms with E-state index in [2.05, 4.69) is 9.84 Å². The SMILES string of the molecule is COC(=O)CCc1ccc(-n2[nH]c(-c3ccc(C(=N)N)cc3)cc2=O)cc1. The fraction of sp³-hybridized carbons (Fsp3) is 0.150. The van der Waals surface area contributed by atoms with Gasteiger partial charge in [-0.1, -0.05) is 36.4 Å². The van der Waals surface area contributed by atoms with E-state index in [9.17, 15) is 9.59 Å². The van der Waals surface area contributed by atoms with Gasteiger partial charge in [-0.05, 0) is 29.7 Å². The zero-order valence-corrected chi connectivity index (χ0v) is 14.9. The van der Waals surface area contributed by atoms with Gasteiger partial charge in [0, 0.05) is 18.1 Å². The topological polar surface area (TPSA) is 114 Å². The molecule has 3 rings (SSSR count). The molecule has 27 heavy (non-hydrogen) atoms. The minimum absolute atomic E-state index is 0.0000902. The summed E-state index contributed by atoms with van der Waals surface area (Å²) < 4.78 is 6.09. The highest BCUT2D eigenvalue weighted by Crippen LogP contribution is 2.18. The van der Waals surface area contributed by atoms with Crippen molar-refractivity contribution >= 4 is 11.8 Å². The van der Waals surface area contributed by atoms with Gasteiger partial charge in [0.2, 0.25) is 0 Å². The third-order valence-corrected chi connectivity index (χ3v) is 4.27. The zero-order valence-electron chi connectivity index (χ0n) is 14.9. The maximum atomic E-state index is 12.3. The smallest absolute Gasteiger partial charge is 0.305 e. The van der Waals surface area contributed by atoms with Crippen LogP contribution in [0, 0.1) is 5.41 Å². The van der Waals surface area contributed by atoms with Gasteiger partial charge in [-0.3, -0.25) is 20.1 Å². The number of ether oxygens (including phenoxy) is 1. The average molecular weight is 364 g/mol. The summed E-state index contributed by atoms with van der Waals surface area (Å²) in [7, 11) is 1.37. The molecule has 0 unspecified atom stereocenters. The molecular weight excluding hydrogens is 344 g/mol. The number of aromatic amines is 1. The molecule has 138 valence electrons. The lowest BCUT2D eigenvalue weighted by molar-refractivity contribution is -0.140. The lowest BCUT2D eigenvalue weighted by atomic mass is 10.1. The number of methoxy groups -OCH3 is 1. The van der Waals surface area contributed by atoms with E-state index < -0.39 is 0 Å². The molecule has 0 spiro atoms. The number of nitrogens with zero attached hydrogens (tertiary/aromatic N) is 1. The molecule has 0 saturated carbocycles. The number of H-pyrrole nitrogens is 1. The summed E-state index contributed by atoms with van der Waals surface area (Å²) in [5.41, 5.74) is 9.10. The molecule has 7 nitrogen and oxygen atoms in total. The molecule has 0 aliphatic rings. The molecule has 4 N–H and O–H groups in total. The highest BCUT2D eigenvalue weighted by atomic mass is 16.5. The molecule has 0 fully saturated rings. The predicted molar refractivity (Wildman–Crippen MR) is 103 cm³/mol. The highest BCUT2D eigenvalue weighted by molar-refractivity contribution is 5.95. The first-order valence-corrected chi connectivity index (χ1v) is 8.41. The largest absolute Gasteiger partial charge is 0.469 e. The van der Waals surface area contributed by atoms with Gasteiger partial charge < -0.3 is 10.5 Å². The number of carbonyl (C=O) groups excluding carboxylic acids is 1. The van der Waals surface area contributed by atoms with Crippen LogP contribution in [-0.4, -0.2) is 28.7 Å². The van der Waals surface area contributed by atoms with E-state index in [0.29, 0.717) is 29.8 Å². The van der Waals surface area contributed by atoms with Gasteiger partial charge in [-0.15, -0.1) is 0 Å². The lowest BCUT2D eigenvalue weighted by Gasteiger charge is -2.05. The van der Waals surface area contributed by atoms with Gasteiger partial charge >= 0.3 is 5.97 Å². The number of esters is 1. The second-order valence-corrected chi connectivity index (χ2v) is 6.08. The summed E-state index contributed by atoms with van der Waals surface area (Å²) in [6.07, 6.45) is 0.902. The Kier molecular flexibility index (Phi) is 5.21. The van der Waals surface area contributed by atoms with E-state index in [0.717, 1.165) is 11.1 Å². The van der Waals surface area contributed by atoms with Gasteiger partial charge in [0.05, 0.1) is 18.5 Å².